The topological polar surface area (TPSA) is 42.0 Å². The van der Waals surface area contributed by atoms with E-state index in [0.29, 0.717) is 5.56 Å². The highest BCUT2D eigenvalue weighted by Gasteiger charge is 2.06. The molecule has 6 heteroatoms. The molecule has 1 aromatic carbocycles. The minimum Gasteiger partial charge on any atom is -0.332 e. The number of hydrogen-bond acceptors (Lipinski definition) is 5. The molecule has 21 heavy (non-hydrogen) atoms. The first-order valence-corrected chi connectivity index (χ1v) is 7.86. The van der Waals surface area contributed by atoms with Crippen molar-refractivity contribution in [3.8, 4) is 10.6 Å². The van der Waals surface area contributed by atoms with Crippen molar-refractivity contribution in [2.75, 3.05) is 5.32 Å². The number of ketones is 1. The predicted molar refractivity (Wildman–Crippen MR) is 95.5 cm³/mol. The summed E-state index contributed by atoms with van der Waals surface area (Å²) in [6.45, 7) is 1.57. The van der Waals surface area contributed by atoms with Gasteiger partial charge in [-0.1, -0.05) is 18.2 Å². The summed E-state index contributed by atoms with van der Waals surface area (Å²) in [6, 6.07) is 11.5. The summed E-state index contributed by atoms with van der Waals surface area (Å²) < 4.78 is 0. The highest BCUT2D eigenvalue weighted by Crippen LogP contribution is 2.29. The lowest BCUT2D eigenvalue weighted by molar-refractivity contribution is 0.101. The standard InChI is InChI=1S/C15H12N2OS2.BrH/c1-10(18)11-4-2-5-12(8-11)16-15-17-13(9-20-15)14-6-3-7-19-14;/h2-9H,1H3,(H,16,17);1H. The van der Waals surface area contributed by atoms with Crippen LogP contribution in [0, 0.1) is 0 Å². The Kier molecular flexibility index (Phi) is 5.27. The number of thiophene rings is 1. The number of rotatable bonds is 4. The number of benzene rings is 1. The Labute approximate surface area is 141 Å². The summed E-state index contributed by atoms with van der Waals surface area (Å²) in [7, 11) is 0. The average molecular weight is 381 g/mol. The van der Waals surface area contributed by atoms with Crippen LogP contribution in [-0.2, 0) is 0 Å². The van der Waals surface area contributed by atoms with E-state index < -0.39 is 0 Å². The van der Waals surface area contributed by atoms with Gasteiger partial charge in [0.25, 0.3) is 0 Å². The molecule has 0 amide bonds. The zero-order valence-corrected chi connectivity index (χ0v) is 14.5. The van der Waals surface area contributed by atoms with Crippen LogP contribution < -0.4 is 5.32 Å². The molecular weight excluding hydrogens is 368 g/mol. The smallest absolute Gasteiger partial charge is 0.187 e. The second-order valence-electron chi connectivity index (χ2n) is 4.28. The van der Waals surface area contributed by atoms with E-state index in [-0.39, 0.29) is 22.8 Å². The fraction of sp³-hybridized carbons (Fsp3) is 0.0667. The van der Waals surface area contributed by atoms with Crippen molar-refractivity contribution >= 4 is 56.3 Å². The van der Waals surface area contributed by atoms with Crippen LogP contribution in [0.4, 0.5) is 10.8 Å². The lowest BCUT2D eigenvalue weighted by Crippen LogP contribution is -1.95. The molecular formula is C15H13BrN2OS2. The van der Waals surface area contributed by atoms with E-state index in [4.69, 9.17) is 0 Å². The molecule has 2 heterocycles. The van der Waals surface area contributed by atoms with Crippen molar-refractivity contribution in [3.05, 3.63) is 52.7 Å². The van der Waals surface area contributed by atoms with Gasteiger partial charge in [0.1, 0.15) is 0 Å². The molecule has 3 aromatic rings. The van der Waals surface area contributed by atoms with Gasteiger partial charge in [0.15, 0.2) is 10.9 Å². The number of anilines is 2. The first-order valence-electron chi connectivity index (χ1n) is 6.10. The second kappa shape index (κ2) is 6.98. The molecule has 0 bridgehead atoms. The third-order valence-corrected chi connectivity index (χ3v) is 4.45. The zero-order chi connectivity index (χ0) is 13.9. The van der Waals surface area contributed by atoms with Crippen molar-refractivity contribution < 1.29 is 4.79 Å². The molecule has 0 saturated carbocycles. The molecule has 0 aliphatic rings. The van der Waals surface area contributed by atoms with Gasteiger partial charge in [0, 0.05) is 16.6 Å². The SMILES string of the molecule is Br.CC(=O)c1cccc(Nc2nc(-c3cccs3)cs2)c1. The molecule has 0 radical (unpaired) electrons. The molecule has 0 unspecified atom stereocenters. The van der Waals surface area contributed by atoms with E-state index in [2.05, 4.69) is 16.4 Å². The van der Waals surface area contributed by atoms with Crippen LogP contribution in [0.5, 0.6) is 0 Å². The quantitative estimate of drug-likeness (QED) is 0.616. The number of Topliss-reactive ketones (excluding diaryl/α,β-unsaturated/α-hetero) is 1. The van der Waals surface area contributed by atoms with Gasteiger partial charge >= 0.3 is 0 Å². The zero-order valence-electron chi connectivity index (χ0n) is 11.2. The Morgan fingerprint density at radius 3 is 2.76 bits per heavy atom. The maximum absolute atomic E-state index is 11.4. The van der Waals surface area contributed by atoms with Crippen molar-refractivity contribution in [3.63, 3.8) is 0 Å². The number of carbonyl (C=O) groups excluding carboxylic acids is 1. The number of halogens is 1. The van der Waals surface area contributed by atoms with Crippen molar-refractivity contribution in [1.29, 1.82) is 0 Å². The lowest BCUT2D eigenvalue weighted by atomic mass is 10.1. The van der Waals surface area contributed by atoms with E-state index in [9.17, 15) is 4.79 Å². The lowest BCUT2D eigenvalue weighted by Gasteiger charge is -2.03. The normalized spacial score (nSPS) is 9.95. The minimum absolute atomic E-state index is 0. The third kappa shape index (κ3) is 3.78. The van der Waals surface area contributed by atoms with Gasteiger partial charge < -0.3 is 5.32 Å². The summed E-state index contributed by atoms with van der Waals surface area (Å²) in [5.41, 5.74) is 2.56. The first kappa shape index (κ1) is 15.9. The number of nitrogens with zero attached hydrogens (tertiary/aromatic N) is 1. The Morgan fingerprint density at radius 2 is 2.05 bits per heavy atom. The van der Waals surface area contributed by atoms with Gasteiger partial charge in [0.05, 0.1) is 10.6 Å². The number of carbonyl (C=O) groups is 1. The Hall–Kier alpha value is -1.50. The molecule has 3 rings (SSSR count). The van der Waals surface area contributed by atoms with Gasteiger partial charge in [-0.2, -0.15) is 0 Å². The van der Waals surface area contributed by atoms with Gasteiger partial charge in [-0.05, 0) is 30.5 Å². The summed E-state index contributed by atoms with van der Waals surface area (Å²) in [5, 5.41) is 8.14. The predicted octanol–water partition coefficient (Wildman–Crippen LogP) is 5.40. The van der Waals surface area contributed by atoms with Crippen molar-refractivity contribution in [2.45, 2.75) is 6.92 Å². The molecule has 0 saturated heterocycles. The fourth-order valence-electron chi connectivity index (χ4n) is 1.81. The van der Waals surface area contributed by atoms with Gasteiger partial charge in [-0.3, -0.25) is 4.79 Å². The summed E-state index contributed by atoms with van der Waals surface area (Å²) in [4.78, 5) is 17.1. The summed E-state index contributed by atoms with van der Waals surface area (Å²) in [5.74, 6) is 0.0621. The number of nitrogens with one attached hydrogen (secondary N) is 1. The second-order valence-corrected chi connectivity index (χ2v) is 6.08. The molecule has 108 valence electrons. The molecule has 3 nitrogen and oxygen atoms in total. The molecule has 0 aliphatic heterocycles. The van der Waals surface area contributed by atoms with Crippen LogP contribution in [0.1, 0.15) is 17.3 Å². The number of hydrogen-bond donors (Lipinski definition) is 1. The molecule has 0 aliphatic carbocycles. The average Bonchev–Trinajstić information content (AvgIpc) is 3.09. The van der Waals surface area contributed by atoms with E-state index in [0.717, 1.165) is 21.4 Å². The molecule has 0 atom stereocenters. The monoisotopic (exact) mass is 380 g/mol. The highest BCUT2D eigenvalue weighted by molar-refractivity contribution is 8.93. The fourth-order valence-corrected chi connectivity index (χ4v) is 3.30. The first-order chi connectivity index (χ1) is 9.72. The summed E-state index contributed by atoms with van der Waals surface area (Å²) in [6.07, 6.45) is 0. The van der Waals surface area contributed by atoms with Crippen LogP contribution in [0.15, 0.2) is 47.2 Å². The van der Waals surface area contributed by atoms with Crippen LogP contribution >= 0.6 is 39.7 Å². The minimum atomic E-state index is 0. The van der Waals surface area contributed by atoms with Crippen molar-refractivity contribution in [2.24, 2.45) is 0 Å². The van der Waals surface area contributed by atoms with Crippen LogP contribution in [0.25, 0.3) is 10.6 Å². The van der Waals surface area contributed by atoms with Crippen molar-refractivity contribution in [1.82, 2.24) is 4.98 Å². The van der Waals surface area contributed by atoms with Gasteiger partial charge in [0.2, 0.25) is 0 Å². The molecule has 1 N–H and O–H groups in total. The van der Waals surface area contributed by atoms with Crippen LogP contribution in [-0.4, -0.2) is 10.8 Å². The third-order valence-electron chi connectivity index (χ3n) is 2.80. The Morgan fingerprint density at radius 1 is 1.19 bits per heavy atom. The largest absolute Gasteiger partial charge is 0.332 e. The Bertz CT molecular complexity index is 738. The molecule has 0 spiro atoms. The van der Waals surface area contributed by atoms with Gasteiger partial charge in [-0.25, -0.2) is 4.98 Å². The maximum Gasteiger partial charge on any atom is 0.187 e. The number of aromatic nitrogens is 1. The van der Waals surface area contributed by atoms with E-state index in [1.54, 1.807) is 29.6 Å². The van der Waals surface area contributed by atoms with E-state index in [1.165, 1.54) is 0 Å². The van der Waals surface area contributed by atoms with E-state index >= 15 is 0 Å². The highest BCUT2D eigenvalue weighted by atomic mass is 79.9. The summed E-state index contributed by atoms with van der Waals surface area (Å²) >= 11 is 3.23. The van der Waals surface area contributed by atoms with Crippen LogP contribution in [0.3, 0.4) is 0 Å². The molecule has 0 fully saturated rings. The Balaban J connectivity index is 0.00000161. The maximum atomic E-state index is 11.4. The number of thiazole rings is 1. The van der Waals surface area contributed by atoms with E-state index in [1.807, 2.05) is 41.1 Å². The molecule has 2 aromatic heterocycles. The van der Waals surface area contributed by atoms with Gasteiger partial charge in [-0.15, -0.1) is 39.7 Å². The van der Waals surface area contributed by atoms with Crippen LogP contribution in [0.2, 0.25) is 0 Å².